The number of rotatable bonds is 3. The third-order valence-electron chi connectivity index (χ3n) is 3.18. The van der Waals surface area contributed by atoms with Crippen LogP contribution >= 0.6 is 0 Å². The van der Waals surface area contributed by atoms with Crippen LogP contribution in [0.4, 0.5) is 0 Å². The molecule has 0 unspecified atom stereocenters. The van der Waals surface area contributed by atoms with E-state index >= 15 is 0 Å². The Hall–Kier alpha value is -1.71. The number of carbonyl (C=O) groups is 1. The van der Waals surface area contributed by atoms with Gasteiger partial charge in [-0.1, -0.05) is 6.92 Å². The van der Waals surface area contributed by atoms with Crippen molar-refractivity contribution >= 4 is 5.97 Å². The molecule has 1 aliphatic heterocycles. The maximum Gasteiger partial charge on any atom is 0.350 e. The first kappa shape index (κ1) is 11.8. The molecule has 0 saturated heterocycles. The van der Waals surface area contributed by atoms with Crippen molar-refractivity contribution in [2.45, 2.75) is 25.4 Å². The van der Waals surface area contributed by atoms with Crippen molar-refractivity contribution in [3.05, 3.63) is 23.8 Å². The Morgan fingerprint density at radius 1 is 1.47 bits per heavy atom. The highest BCUT2D eigenvalue weighted by molar-refractivity contribution is 5.81. The lowest BCUT2D eigenvalue weighted by Gasteiger charge is -2.23. The van der Waals surface area contributed by atoms with Crippen molar-refractivity contribution in [1.82, 2.24) is 0 Å². The molecule has 1 aromatic rings. The molecule has 0 radical (unpaired) electrons. The zero-order valence-electron chi connectivity index (χ0n) is 10.3. The maximum absolute atomic E-state index is 11.8. The average molecular weight is 236 g/mol. The highest BCUT2D eigenvalue weighted by Gasteiger charge is 2.46. The molecule has 0 N–H and O–H groups in total. The molecular formula is C13H16O4. The van der Waals surface area contributed by atoms with Crippen LogP contribution in [0.5, 0.6) is 11.5 Å². The molecule has 0 fully saturated rings. The van der Waals surface area contributed by atoms with E-state index < -0.39 is 5.60 Å². The molecule has 0 aliphatic carbocycles. The summed E-state index contributed by atoms with van der Waals surface area (Å²) in [4.78, 5) is 11.8. The lowest BCUT2D eigenvalue weighted by atomic mass is 9.94. The average Bonchev–Trinajstić information content (AvgIpc) is 2.76. The number of methoxy groups -OCH3 is 2. The number of hydrogen-bond donors (Lipinski definition) is 0. The van der Waals surface area contributed by atoms with Gasteiger partial charge in [0.15, 0.2) is 0 Å². The molecule has 17 heavy (non-hydrogen) atoms. The largest absolute Gasteiger partial charge is 0.497 e. The predicted molar refractivity (Wildman–Crippen MR) is 62.4 cm³/mol. The highest BCUT2D eigenvalue weighted by atomic mass is 16.6. The minimum Gasteiger partial charge on any atom is -0.497 e. The van der Waals surface area contributed by atoms with E-state index in [0.717, 1.165) is 17.1 Å². The summed E-state index contributed by atoms with van der Waals surface area (Å²) in [5.41, 5.74) is 0.111. The molecule has 0 saturated carbocycles. The van der Waals surface area contributed by atoms with Crippen LogP contribution in [-0.2, 0) is 16.0 Å². The summed E-state index contributed by atoms with van der Waals surface area (Å²) in [6, 6.07) is 5.55. The van der Waals surface area contributed by atoms with Gasteiger partial charge in [-0.2, -0.15) is 0 Å². The minimum absolute atomic E-state index is 0.324. The lowest BCUT2D eigenvalue weighted by molar-refractivity contribution is -0.157. The van der Waals surface area contributed by atoms with E-state index in [1.165, 1.54) is 7.11 Å². The zero-order valence-corrected chi connectivity index (χ0v) is 10.3. The van der Waals surface area contributed by atoms with E-state index in [1.807, 2.05) is 25.1 Å². The summed E-state index contributed by atoms with van der Waals surface area (Å²) in [7, 11) is 3.00. The first-order valence-corrected chi connectivity index (χ1v) is 5.59. The molecule has 4 nitrogen and oxygen atoms in total. The summed E-state index contributed by atoms with van der Waals surface area (Å²) in [6.45, 7) is 1.92. The molecule has 1 heterocycles. The predicted octanol–water partition coefficient (Wildman–Crippen LogP) is 1.95. The van der Waals surface area contributed by atoms with Crippen LogP contribution in [0.15, 0.2) is 18.2 Å². The molecule has 1 aromatic carbocycles. The Labute approximate surface area is 100 Å². The summed E-state index contributed by atoms with van der Waals surface area (Å²) in [6.07, 6.45) is 1.11. The van der Waals surface area contributed by atoms with Gasteiger partial charge in [0.1, 0.15) is 11.5 Å². The van der Waals surface area contributed by atoms with Gasteiger partial charge in [-0.25, -0.2) is 4.79 Å². The Kier molecular flexibility index (Phi) is 2.96. The van der Waals surface area contributed by atoms with Gasteiger partial charge in [-0.3, -0.25) is 0 Å². The fourth-order valence-electron chi connectivity index (χ4n) is 2.12. The fourth-order valence-corrected chi connectivity index (χ4v) is 2.12. The Morgan fingerprint density at radius 2 is 2.24 bits per heavy atom. The zero-order chi connectivity index (χ0) is 12.5. The summed E-state index contributed by atoms with van der Waals surface area (Å²) in [5, 5.41) is 0. The summed E-state index contributed by atoms with van der Waals surface area (Å²) in [5.74, 6) is 1.18. The maximum atomic E-state index is 11.8. The topological polar surface area (TPSA) is 44.8 Å². The quantitative estimate of drug-likeness (QED) is 0.752. The van der Waals surface area contributed by atoms with Crippen molar-refractivity contribution in [2.24, 2.45) is 0 Å². The monoisotopic (exact) mass is 236 g/mol. The van der Waals surface area contributed by atoms with E-state index in [-0.39, 0.29) is 5.97 Å². The first-order chi connectivity index (χ1) is 8.15. The van der Waals surface area contributed by atoms with Gasteiger partial charge in [0, 0.05) is 12.0 Å². The van der Waals surface area contributed by atoms with Crippen LogP contribution in [0.3, 0.4) is 0 Å². The minimum atomic E-state index is -0.872. The van der Waals surface area contributed by atoms with Crippen LogP contribution in [0, 0.1) is 0 Å². The van der Waals surface area contributed by atoms with Crippen LogP contribution in [0.25, 0.3) is 0 Å². The smallest absolute Gasteiger partial charge is 0.350 e. The molecule has 0 aromatic heterocycles. The van der Waals surface area contributed by atoms with E-state index in [4.69, 9.17) is 14.2 Å². The summed E-state index contributed by atoms with van der Waals surface area (Å²) < 4.78 is 15.7. The normalized spacial score (nSPS) is 21.6. The Balaban J connectivity index is 2.33. The van der Waals surface area contributed by atoms with Crippen LogP contribution < -0.4 is 9.47 Å². The number of benzene rings is 1. The molecule has 4 heteroatoms. The molecule has 1 atom stereocenters. The van der Waals surface area contributed by atoms with Gasteiger partial charge in [0.2, 0.25) is 5.60 Å². The van der Waals surface area contributed by atoms with Crippen LogP contribution in [0.2, 0.25) is 0 Å². The van der Waals surface area contributed by atoms with E-state index in [0.29, 0.717) is 12.8 Å². The lowest BCUT2D eigenvalue weighted by Crippen LogP contribution is -2.43. The van der Waals surface area contributed by atoms with Gasteiger partial charge in [0.05, 0.1) is 14.2 Å². The number of esters is 1. The summed E-state index contributed by atoms with van der Waals surface area (Å²) >= 11 is 0. The van der Waals surface area contributed by atoms with Gasteiger partial charge in [0.25, 0.3) is 0 Å². The van der Waals surface area contributed by atoms with Crippen LogP contribution in [0.1, 0.15) is 18.9 Å². The number of fused-ring (bicyclic) bond motifs is 1. The third-order valence-corrected chi connectivity index (χ3v) is 3.18. The van der Waals surface area contributed by atoms with Gasteiger partial charge < -0.3 is 14.2 Å². The van der Waals surface area contributed by atoms with E-state index in [2.05, 4.69) is 0 Å². The van der Waals surface area contributed by atoms with Gasteiger partial charge >= 0.3 is 5.97 Å². The molecular weight excluding hydrogens is 220 g/mol. The number of ether oxygens (including phenoxy) is 3. The standard InChI is InChI=1S/C13H16O4/c1-4-13(12(14)16-3)8-9-7-10(15-2)5-6-11(9)17-13/h5-7H,4,8H2,1-3H3/t13-/m0/s1. The first-order valence-electron chi connectivity index (χ1n) is 5.59. The second-order valence-electron chi connectivity index (χ2n) is 4.09. The second kappa shape index (κ2) is 4.28. The number of carbonyl (C=O) groups excluding carboxylic acids is 1. The molecule has 0 amide bonds. The van der Waals surface area contributed by atoms with Crippen LogP contribution in [-0.4, -0.2) is 25.8 Å². The Bertz CT molecular complexity index is 441. The molecule has 92 valence electrons. The van der Waals surface area contributed by atoms with E-state index in [9.17, 15) is 4.79 Å². The molecule has 2 rings (SSSR count). The molecule has 1 aliphatic rings. The van der Waals surface area contributed by atoms with Crippen molar-refractivity contribution in [3.8, 4) is 11.5 Å². The van der Waals surface area contributed by atoms with E-state index in [1.54, 1.807) is 7.11 Å². The van der Waals surface area contributed by atoms with Crippen molar-refractivity contribution in [3.63, 3.8) is 0 Å². The Morgan fingerprint density at radius 3 is 2.82 bits per heavy atom. The van der Waals surface area contributed by atoms with Gasteiger partial charge in [-0.05, 0) is 24.6 Å². The molecule has 0 spiro atoms. The fraction of sp³-hybridized carbons (Fsp3) is 0.462. The third kappa shape index (κ3) is 1.84. The number of hydrogen-bond acceptors (Lipinski definition) is 4. The van der Waals surface area contributed by atoms with Crippen molar-refractivity contribution in [1.29, 1.82) is 0 Å². The SMILES string of the molecule is CC[C@@]1(C(=O)OC)Cc2cc(OC)ccc2O1. The van der Waals surface area contributed by atoms with Crippen molar-refractivity contribution in [2.75, 3.05) is 14.2 Å². The van der Waals surface area contributed by atoms with Crippen molar-refractivity contribution < 1.29 is 19.0 Å². The highest BCUT2D eigenvalue weighted by Crippen LogP contribution is 2.39. The second-order valence-corrected chi connectivity index (χ2v) is 4.09. The molecule has 0 bridgehead atoms. The van der Waals surface area contributed by atoms with Gasteiger partial charge in [-0.15, -0.1) is 0 Å².